The summed E-state index contributed by atoms with van der Waals surface area (Å²) < 4.78 is 5.44. The first kappa shape index (κ1) is 20.5. The van der Waals surface area contributed by atoms with Crippen LogP contribution in [-0.4, -0.2) is 89.8 Å². The molecule has 2 aliphatic heterocycles. The smallest absolute Gasteiger partial charge is 0.407 e. The van der Waals surface area contributed by atoms with Crippen molar-refractivity contribution in [3.63, 3.8) is 0 Å². The maximum absolute atomic E-state index is 12.6. The normalized spacial score (nSPS) is 20.1. The first-order valence-electron chi connectivity index (χ1n) is 8.74. The number of halogens is 2. The minimum Gasteiger partial charge on any atom is -0.465 e. The van der Waals surface area contributed by atoms with Gasteiger partial charge in [0.1, 0.15) is 0 Å². The summed E-state index contributed by atoms with van der Waals surface area (Å²) in [6.45, 7) is 1.87. The van der Waals surface area contributed by atoms with E-state index in [0.717, 1.165) is 0 Å². The molecule has 2 aliphatic rings. The lowest BCUT2D eigenvalue weighted by molar-refractivity contribution is -0.149. The Bertz CT molecular complexity index is 770. The van der Waals surface area contributed by atoms with Gasteiger partial charge in [0, 0.05) is 38.4 Å². The van der Waals surface area contributed by atoms with Gasteiger partial charge >= 0.3 is 12.1 Å². The van der Waals surface area contributed by atoms with Gasteiger partial charge in [-0.2, -0.15) is 0 Å². The standard InChI is InChI=1S/C17H20Cl2N4O5/c18-12-2-1-11(9-13(12)19)20-16(25)22-5-3-21(4-6-22)15(24)14-10-23(17(26)27)7-8-28-14/h1-2,9,14H,3-8,10H2,(H,20,25)(H,26,27). The van der Waals surface area contributed by atoms with E-state index in [4.69, 9.17) is 33.0 Å². The lowest BCUT2D eigenvalue weighted by atomic mass is 10.2. The van der Waals surface area contributed by atoms with Crippen molar-refractivity contribution in [1.29, 1.82) is 0 Å². The zero-order valence-electron chi connectivity index (χ0n) is 14.9. The van der Waals surface area contributed by atoms with Crippen LogP contribution in [0, 0.1) is 0 Å². The highest BCUT2D eigenvalue weighted by Gasteiger charge is 2.34. The number of rotatable bonds is 2. The Hall–Kier alpha value is -2.23. The number of carbonyl (C=O) groups excluding carboxylic acids is 2. The lowest BCUT2D eigenvalue weighted by Crippen LogP contribution is -2.57. The van der Waals surface area contributed by atoms with Crippen molar-refractivity contribution in [2.45, 2.75) is 6.10 Å². The van der Waals surface area contributed by atoms with Crippen LogP contribution in [0.2, 0.25) is 10.0 Å². The largest absolute Gasteiger partial charge is 0.465 e. The molecule has 0 aromatic heterocycles. The lowest BCUT2D eigenvalue weighted by Gasteiger charge is -2.38. The van der Waals surface area contributed by atoms with Gasteiger partial charge in [0.05, 0.1) is 23.2 Å². The van der Waals surface area contributed by atoms with Gasteiger partial charge in [0.15, 0.2) is 6.10 Å². The molecule has 3 rings (SSSR count). The van der Waals surface area contributed by atoms with Crippen LogP contribution in [-0.2, 0) is 9.53 Å². The minimum atomic E-state index is -1.06. The van der Waals surface area contributed by atoms with Crippen LogP contribution in [0.4, 0.5) is 15.3 Å². The molecule has 2 heterocycles. The Kier molecular flexibility index (Phi) is 6.48. The second kappa shape index (κ2) is 8.85. The van der Waals surface area contributed by atoms with E-state index >= 15 is 0 Å². The number of benzene rings is 1. The topological polar surface area (TPSA) is 102 Å². The Morgan fingerprint density at radius 1 is 1.00 bits per heavy atom. The van der Waals surface area contributed by atoms with Gasteiger partial charge in [0.25, 0.3) is 5.91 Å². The SMILES string of the molecule is O=C(O)N1CCOC(C(=O)N2CCN(C(=O)Nc3ccc(Cl)c(Cl)c3)CC2)C1. The molecule has 0 spiro atoms. The average Bonchev–Trinajstić information content (AvgIpc) is 2.70. The molecule has 1 aromatic rings. The Morgan fingerprint density at radius 2 is 1.68 bits per heavy atom. The maximum Gasteiger partial charge on any atom is 0.407 e. The van der Waals surface area contributed by atoms with Crippen molar-refractivity contribution in [2.24, 2.45) is 0 Å². The van der Waals surface area contributed by atoms with Crippen LogP contribution >= 0.6 is 23.2 Å². The molecule has 2 N–H and O–H groups in total. The van der Waals surface area contributed by atoms with Crippen LogP contribution in [0.25, 0.3) is 0 Å². The molecule has 2 fully saturated rings. The number of urea groups is 1. The van der Waals surface area contributed by atoms with Crippen LogP contribution in [0.15, 0.2) is 18.2 Å². The third kappa shape index (κ3) is 4.78. The predicted octanol–water partition coefficient (Wildman–Crippen LogP) is 2.05. The molecule has 0 radical (unpaired) electrons. The first-order chi connectivity index (χ1) is 13.3. The molecule has 28 heavy (non-hydrogen) atoms. The molecule has 1 aromatic carbocycles. The van der Waals surface area contributed by atoms with E-state index in [0.29, 0.717) is 41.9 Å². The summed E-state index contributed by atoms with van der Waals surface area (Å²) >= 11 is 11.8. The van der Waals surface area contributed by atoms with Crippen molar-refractivity contribution >= 4 is 46.9 Å². The number of hydrogen-bond acceptors (Lipinski definition) is 4. The van der Waals surface area contributed by atoms with E-state index in [1.54, 1.807) is 28.0 Å². The molecule has 4 amide bonds. The van der Waals surface area contributed by atoms with Gasteiger partial charge < -0.3 is 29.9 Å². The third-order valence-corrected chi connectivity index (χ3v) is 5.40. The monoisotopic (exact) mass is 430 g/mol. The number of morpholine rings is 1. The number of anilines is 1. The van der Waals surface area contributed by atoms with Gasteiger partial charge in [-0.15, -0.1) is 0 Å². The second-order valence-corrected chi connectivity index (χ2v) is 7.27. The highest BCUT2D eigenvalue weighted by molar-refractivity contribution is 6.42. The summed E-state index contributed by atoms with van der Waals surface area (Å²) in [5.41, 5.74) is 0.530. The van der Waals surface area contributed by atoms with Crippen LogP contribution < -0.4 is 5.32 Å². The molecule has 0 bridgehead atoms. The molecule has 9 nitrogen and oxygen atoms in total. The summed E-state index contributed by atoms with van der Waals surface area (Å²) in [4.78, 5) is 40.4. The van der Waals surface area contributed by atoms with Crippen molar-refractivity contribution in [2.75, 3.05) is 51.2 Å². The average molecular weight is 431 g/mol. The molecular formula is C17H20Cl2N4O5. The van der Waals surface area contributed by atoms with Crippen LogP contribution in [0.1, 0.15) is 0 Å². The molecular weight excluding hydrogens is 411 g/mol. The summed E-state index contributed by atoms with van der Waals surface area (Å²) in [6.07, 6.45) is -1.87. The summed E-state index contributed by atoms with van der Waals surface area (Å²) in [5, 5.41) is 12.6. The fraction of sp³-hybridized carbons (Fsp3) is 0.471. The number of piperazine rings is 1. The molecule has 152 valence electrons. The highest BCUT2D eigenvalue weighted by atomic mass is 35.5. The Morgan fingerprint density at radius 3 is 2.32 bits per heavy atom. The number of nitrogens with zero attached hydrogens (tertiary/aromatic N) is 3. The maximum atomic E-state index is 12.6. The number of ether oxygens (including phenoxy) is 1. The van der Waals surface area contributed by atoms with Crippen molar-refractivity contribution in [1.82, 2.24) is 14.7 Å². The summed E-state index contributed by atoms with van der Waals surface area (Å²) in [5.74, 6) is -0.254. The van der Waals surface area contributed by atoms with Crippen molar-refractivity contribution in [3.05, 3.63) is 28.2 Å². The molecule has 2 saturated heterocycles. The van der Waals surface area contributed by atoms with Crippen molar-refractivity contribution < 1.29 is 24.2 Å². The van der Waals surface area contributed by atoms with Crippen LogP contribution in [0.5, 0.6) is 0 Å². The van der Waals surface area contributed by atoms with Crippen molar-refractivity contribution in [3.8, 4) is 0 Å². The number of nitrogens with one attached hydrogen (secondary N) is 1. The number of carbonyl (C=O) groups is 3. The molecule has 11 heteroatoms. The first-order valence-corrected chi connectivity index (χ1v) is 9.50. The summed E-state index contributed by atoms with van der Waals surface area (Å²) in [6, 6.07) is 4.52. The molecule has 0 aliphatic carbocycles. The number of carboxylic acid groups (broad SMARTS) is 1. The predicted molar refractivity (Wildman–Crippen MR) is 103 cm³/mol. The Balaban J connectivity index is 1.50. The minimum absolute atomic E-state index is 0.0200. The van der Waals surface area contributed by atoms with E-state index in [1.807, 2.05) is 0 Å². The molecule has 1 atom stereocenters. The quantitative estimate of drug-likeness (QED) is 0.747. The van der Waals surface area contributed by atoms with E-state index in [1.165, 1.54) is 4.90 Å². The summed E-state index contributed by atoms with van der Waals surface area (Å²) in [7, 11) is 0. The number of hydrogen-bond donors (Lipinski definition) is 2. The fourth-order valence-corrected chi connectivity index (χ4v) is 3.38. The van der Waals surface area contributed by atoms with Crippen LogP contribution in [0.3, 0.4) is 0 Å². The third-order valence-electron chi connectivity index (χ3n) is 4.66. The molecule has 0 saturated carbocycles. The zero-order valence-corrected chi connectivity index (χ0v) is 16.4. The van der Waals surface area contributed by atoms with Gasteiger partial charge in [-0.1, -0.05) is 23.2 Å². The number of amides is 4. The Labute approximate surface area is 171 Å². The van der Waals surface area contributed by atoms with Gasteiger partial charge in [-0.3, -0.25) is 4.79 Å². The van der Waals surface area contributed by atoms with E-state index in [-0.39, 0.29) is 31.6 Å². The van der Waals surface area contributed by atoms with Gasteiger partial charge in [-0.25, -0.2) is 9.59 Å². The second-order valence-electron chi connectivity index (χ2n) is 6.46. The fourth-order valence-electron chi connectivity index (χ4n) is 3.08. The van der Waals surface area contributed by atoms with E-state index in [2.05, 4.69) is 5.32 Å². The van der Waals surface area contributed by atoms with E-state index in [9.17, 15) is 14.4 Å². The van der Waals surface area contributed by atoms with E-state index < -0.39 is 12.2 Å². The van der Waals surface area contributed by atoms with Gasteiger partial charge in [0.2, 0.25) is 0 Å². The molecule has 1 unspecified atom stereocenters. The highest BCUT2D eigenvalue weighted by Crippen LogP contribution is 2.25. The zero-order chi connectivity index (χ0) is 20.3. The van der Waals surface area contributed by atoms with Gasteiger partial charge in [-0.05, 0) is 18.2 Å².